The van der Waals surface area contributed by atoms with E-state index in [1.807, 2.05) is 0 Å². The van der Waals surface area contributed by atoms with Crippen LogP contribution in [0.3, 0.4) is 0 Å². The number of fused-ring (bicyclic) bond motifs is 1. The van der Waals surface area contributed by atoms with Crippen molar-refractivity contribution in [3.63, 3.8) is 0 Å². The number of hydrogen-bond acceptors (Lipinski definition) is 4. The Morgan fingerprint density at radius 3 is 2.95 bits per heavy atom. The van der Waals surface area contributed by atoms with Crippen molar-refractivity contribution in [3.8, 4) is 11.5 Å². The molecule has 2 aliphatic rings. The largest absolute Gasteiger partial charge is 0.486 e. The Kier molecular flexibility index (Phi) is 4.48. The minimum absolute atomic E-state index is 0.462. The number of nitrogens with one attached hydrogen (secondary N) is 1. The highest BCUT2D eigenvalue weighted by atomic mass is 79.9. The monoisotopic (exact) mass is 341 g/mol. The molecule has 1 aromatic rings. The van der Waals surface area contributed by atoms with Crippen LogP contribution in [0.4, 0.5) is 0 Å². The van der Waals surface area contributed by atoms with Gasteiger partial charge in [-0.15, -0.1) is 0 Å². The quantitative estimate of drug-likeness (QED) is 0.913. The Hall–Kier alpha value is -0.780. The van der Waals surface area contributed by atoms with Gasteiger partial charge in [-0.1, -0.05) is 0 Å². The second kappa shape index (κ2) is 6.33. The number of benzene rings is 1. The van der Waals surface area contributed by atoms with Gasteiger partial charge in [0.05, 0.1) is 11.1 Å². The van der Waals surface area contributed by atoms with Crippen LogP contribution < -0.4 is 14.8 Å². The van der Waals surface area contributed by atoms with E-state index in [9.17, 15) is 0 Å². The molecule has 0 saturated carbocycles. The van der Waals surface area contributed by atoms with Gasteiger partial charge in [-0.3, -0.25) is 0 Å². The van der Waals surface area contributed by atoms with Crippen LogP contribution in [-0.4, -0.2) is 32.5 Å². The van der Waals surface area contributed by atoms with Crippen molar-refractivity contribution in [3.05, 3.63) is 22.2 Å². The first kappa shape index (κ1) is 14.2. The first-order chi connectivity index (χ1) is 9.74. The van der Waals surface area contributed by atoms with Gasteiger partial charge in [0.1, 0.15) is 13.2 Å². The minimum Gasteiger partial charge on any atom is -0.486 e. The zero-order valence-electron chi connectivity index (χ0n) is 11.7. The summed E-state index contributed by atoms with van der Waals surface area (Å²) in [7, 11) is 0. The van der Waals surface area contributed by atoms with Crippen molar-refractivity contribution in [2.75, 3.05) is 26.4 Å². The summed E-state index contributed by atoms with van der Waals surface area (Å²) in [4.78, 5) is 0. The standard InChI is InChI=1S/C15H20BrNO3/c1-10(12-2-3-18-9-12)17-8-11-6-13(16)15-14(7-11)19-4-5-20-15/h6-7,10,12,17H,2-5,8-9H2,1H3. The molecule has 110 valence electrons. The lowest BCUT2D eigenvalue weighted by Crippen LogP contribution is -2.33. The summed E-state index contributed by atoms with van der Waals surface area (Å²) in [6.45, 7) is 6.05. The molecule has 0 amide bonds. The average Bonchev–Trinajstić information content (AvgIpc) is 2.99. The molecule has 0 radical (unpaired) electrons. The topological polar surface area (TPSA) is 39.7 Å². The van der Waals surface area contributed by atoms with Crippen LogP contribution in [0.25, 0.3) is 0 Å². The number of ether oxygens (including phenoxy) is 3. The maximum absolute atomic E-state index is 5.65. The molecule has 0 aromatic heterocycles. The lowest BCUT2D eigenvalue weighted by atomic mass is 10.0. The molecule has 2 unspecified atom stereocenters. The lowest BCUT2D eigenvalue weighted by Gasteiger charge is -2.22. The third-order valence-electron chi connectivity index (χ3n) is 3.96. The van der Waals surface area contributed by atoms with Crippen LogP contribution in [0.15, 0.2) is 16.6 Å². The number of halogens is 1. The second-order valence-electron chi connectivity index (χ2n) is 5.40. The van der Waals surface area contributed by atoms with Crippen LogP contribution in [0.2, 0.25) is 0 Å². The molecular formula is C15H20BrNO3. The molecule has 1 fully saturated rings. The van der Waals surface area contributed by atoms with Gasteiger partial charge < -0.3 is 19.5 Å². The minimum atomic E-state index is 0.462. The van der Waals surface area contributed by atoms with Crippen molar-refractivity contribution in [1.29, 1.82) is 0 Å². The van der Waals surface area contributed by atoms with Gasteiger partial charge in [-0.25, -0.2) is 0 Å². The van der Waals surface area contributed by atoms with Crippen molar-refractivity contribution in [1.82, 2.24) is 5.32 Å². The third kappa shape index (κ3) is 3.10. The Morgan fingerprint density at radius 1 is 1.30 bits per heavy atom. The first-order valence-corrected chi connectivity index (χ1v) is 7.92. The summed E-state index contributed by atoms with van der Waals surface area (Å²) in [6, 6.07) is 4.62. The lowest BCUT2D eigenvalue weighted by molar-refractivity contribution is 0.170. The smallest absolute Gasteiger partial charge is 0.175 e. The zero-order chi connectivity index (χ0) is 13.9. The molecule has 5 heteroatoms. The fraction of sp³-hybridized carbons (Fsp3) is 0.600. The summed E-state index contributed by atoms with van der Waals surface area (Å²) < 4.78 is 17.7. The van der Waals surface area contributed by atoms with Gasteiger partial charge in [-0.2, -0.15) is 0 Å². The molecule has 2 aliphatic heterocycles. The average molecular weight is 342 g/mol. The van der Waals surface area contributed by atoms with Gasteiger partial charge >= 0.3 is 0 Å². The van der Waals surface area contributed by atoms with Gasteiger partial charge in [0.15, 0.2) is 11.5 Å². The molecule has 1 aromatic carbocycles. The highest BCUT2D eigenvalue weighted by Gasteiger charge is 2.22. The van der Waals surface area contributed by atoms with E-state index in [2.05, 4.69) is 40.3 Å². The Morgan fingerprint density at radius 2 is 2.15 bits per heavy atom. The summed E-state index contributed by atoms with van der Waals surface area (Å²) in [6.07, 6.45) is 1.15. The molecular weight excluding hydrogens is 322 g/mol. The highest BCUT2D eigenvalue weighted by Crippen LogP contribution is 2.38. The van der Waals surface area contributed by atoms with E-state index in [1.54, 1.807) is 0 Å². The molecule has 1 N–H and O–H groups in total. The molecule has 0 spiro atoms. The summed E-state index contributed by atoms with van der Waals surface area (Å²) >= 11 is 3.55. The van der Waals surface area contributed by atoms with Crippen LogP contribution in [0.1, 0.15) is 18.9 Å². The maximum atomic E-state index is 5.65. The summed E-state index contributed by atoms with van der Waals surface area (Å²) in [5, 5.41) is 3.58. The van der Waals surface area contributed by atoms with E-state index in [4.69, 9.17) is 14.2 Å². The van der Waals surface area contributed by atoms with Gasteiger partial charge in [0.2, 0.25) is 0 Å². The molecule has 20 heavy (non-hydrogen) atoms. The summed E-state index contributed by atoms with van der Waals surface area (Å²) in [5.41, 5.74) is 1.20. The predicted molar refractivity (Wildman–Crippen MR) is 80.4 cm³/mol. The van der Waals surface area contributed by atoms with Gasteiger partial charge in [0, 0.05) is 19.2 Å². The van der Waals surface area contributed by atoms with Crippen molar-refractivity contribution in [2.24, 2.45) is 5.92 Å². The number of hydrogen-bond donors (Lipinski definition) is 1. The van der Waals surface area contributed by atoms with E-state index in [-0.39, 0.29) is 0 Å². The molecule has 2 atom stereocenters. The van der Waals surface area contributed by atoms with E-state index in [0.717, 1.165) is 42.2 Å². The molecule has 4 nitrogen and oxygen atoms in total. The SMILES string of the molecule is CC(NCc1cc(Br)c2c(c1)OCCO2)C1CCOC1. The zero-order valence-corrected chi connectivity index (χ0v) is 13.2. The predicted octanol–water partition coefficient (Wildman–Crippen LogP) is 2.73. The molecule has 1 saturated heterocycles. The highest BCUT2D eigenvalue weighted by molar-refractivity contribution is 9.10. The Bertz CT molecular complexity index is 474. The molecule has 0 aliphatic carbocycles. The van der Waals surface area contributed by atoms with Crippen LogP contribution >= 0.6 is 15.9 Å². The maximum Gasteiger partial charge on any atom is 0.175 e. The fourth-order valence-electron chi connectivity index (χ4n) is 2.66. The third-order valence-corrected chi connectivity index (χ3v) is 4.55. The Labute approximate surface area is 127 Å². The van der Waals surface area contributed by atoms with Crippen LogP contribution in [0.5, 0.6) is 11.5 Å². The van der Waals surface area contributed by atoms with E-state index < -0.39 is 0 Å². The Balaban J connectivity index is 1.64. The summed E-state index contributed by atoms with van der Waals surface area (Å²) in [5.74, 6) is 2.27. The normalized spacial score (nSPS) is 22.8. The second-order valence-corrected chi connectivity index (χ2v) is 6.25. The number of rotatable bonds is 4. The van der Waals surface area contributed by atoms with E-state index in [0.29, 0.717) is 25.2 Å². The van der Waals surface area contributed by atoms with Crippen molar-refractivity contribution in [2.45, 2.75) is 25.9 Å². The molecule has 0 bridgehead atoms. The van der Waals surface area contributed by atoms with Gasteiger partial charge in [-0.05, 0) is 52.9 Å². The first-order valence-electron chi connectivity index (χ1n) is 7.13. The molecule has 3 rings (SSSR count). The van der Waals surface area contributed by atoms with Crippen molar-refractivity contribution < 1.29 is 14.2 Å². The van der Waals surface area contributed by atoms with Gasteiger partial charge in [0.25, 0.3) is 0 Å². The molecule has 2 heterocycles. The van der Waals surface area contributed by atoms with Crippen molar-refractivity contribution >= 4 is 15.9 Å². The van der Waals surface area contributed by atoms with Crippen LogP contribution in [-0.2, 0) is 11.3 Å². The van der Waals surface area contributed by atoms with Crippen LogP contribution in [0, 0.1) is 5.92 Å². The van der Waals surface area contributed by atoms with E-state index in [1.165, 1.54) is 5.56 Å². The van der Waals surface area contributed by atoms with E-state index >= 15 is 0 Å². The fourth-order valence-corrected chi connectivity index (χ4v) is 3.26.